The molecule has 27 heavy (non-hydrogen) atoms. The highest BCUT2D eigenvalue weighted by atomic mass is 32.2. The molecule has 2 heterocycles. The third kappa shape index (κ3) is 3.90. The summed E-state index contributed by atoms with van der Waals surface area (Å²) in [6.07, 6.45) is 7.01. The van der Waals surface area contributed by atoms with E-state index in [1.165, 1.54) is 49.6 Å². The Hall–Kier alpha value is -2.22. The Kier molecular flexibility index (Phi) is 5.24. The zero-order chi connectivity index (χ0) is 18.8. The van der Waals surface area contributed by atoms with Crippen molar-refractivity contribution in [3.8, 4) is 0 Å². The number of carbonyl (C=O) groups is 1. The summed E-state index contributed by atoms with van der Waals surface area (Å²) in [5.74, 6) is -0.0393. The van der Waals surface area contributed by atoms with Crippen molar-refractivity contribution >= 4 is 39.7 Å². The predicted molar refractivity (Wildman–Crippen MR) is 104 cm³/mol. The Morgan fingerprint density at radius 2 is 2.04 bits per heavy atom. The highest BCUT2D eigenvalue weighted by molar-refractivity contribution is 7.99. The summed E-state index contributed by atoms with van der Waals surface area (Å²) in [5.41, 5.74) is 2.05. The first-order valence-corrected chi connectivity index (χ1v) is 10.3. The molecule has 0 atom stereocenters. The molecule has 1 fully saturated rings. The van der Waals surface area contributed by atoms with Crippen molar-refractivity contribution in [1.29, 1.82) is 0 Å². The molecule has 1 aliphatic carbocycles. The number of amides is 1. The molecule has 142 valence electrons. The van der Waals surface area contributed by atoms with Gasteiger partial charge in [-0.25, -0.2) is 9.37 Å². The first-order chi connectivity index (χ1) is 13.1. The average molecular weight is 387 g/mol. The zero-order valence-electron chi connectivity index (χ0n) is 15.2. The van der Waals surface area contributed by atoms with Crippen LogP contribution in [0.4, 0.5) is 4.39 Å². The molecule has 1 amide bonds. The molecule has 0 radical (unpaired) electrons. The Labute approximate surface area is 160 Å². The third-order valence-corrected chi connectivity index (χ3v) is 5.93. The van der Waals surface area contributed by atoms with Crippen LogP contribution in [0, 0.1) is 5.82 Å². The molecule has 4 rings (SSSR count). The van der Waals surface area contributed by atoms with E-state index in [4.69, 9.17) is 0 Å². The van der Waals surface area contributed by atoms with Gasteiger partial charge in [0.2, 0.25) is 11.1 Å². The fourth-order valence-corrected chi connectivity index (χ4v) is 4.29. The van der Waals surface area contributed by atoms with Crippen LogP contribution < -0.4 is 5.32 Å². The molecular weight excluding hydrogens is 365 g/mol. The lowest BCUT2D eigenvalue weighted by Crippen LogP contribution is -2.35. The number of carbonyl (C=O) groups excluding carboxylic acids is 1. The lowest BCUT2D eigenvalue weighted by molar-refractivity contribution is -0.119. The molecule has 8 heteroatoms. The Morgan fingerprint density at radius 3 is 2.81 bits per heavy atom. The SMILES string of the molecule is Cn1c2ccc(F)cc2c2nnc(SCC(=O)NC3CCCCCC3)nc21. The van der Waals surface area contributed by atoms with Crippen LogP contribution in [0.2, 0.25) is 0 Å². The molecule has 0 spiro atoms. The van der Waals surface area contributed by atoms with Gasteiger partial charge in [-0.1, -0.05) is 37.4 Å². The normalized spacial score (nSPS) is 15.9. The summed E-state index contributed by atoms with van der Waals surface area (Å²) in [6.45, 7) is 0. The maximum atomic E-state index is 13.6. The highest BCUT2D eigenvalue weighted by Gasteiger charge is 2.17. The number of fused-ring (bicyclic) bond motifs is 3. The van der Waals surface area contributed by atoms with Gasteiger partial charge in [-0.3, -0.25) is 4.79 Å². The molecule has 1 N–H and O–H groups in total. The number of nitrogens with one attached hydrogen (secondary N) is 1. The fourth-order valence-electron chi connectivity index (χ4n) is 3.70. The van der Waals surface area contributed by atoms with Crippen molar-refractivity contribution in [2.45, 2.75) is 49.7 Å². The fraction of sp³-hybridized carbons (Fsp3) is 0.474. The molecule has 1 saturated carbocycles. The van der Waals surface area contributed by atoms with Crippen LogP contribution in [-0.4, -0.2) is 37.5 Å². The van der Waals surface area contributed by atoms with Crippen LogP contribution in [0.25, 0.3) is 22.1 Å². The molecular formula is C19H22FN5OS. The van der Waals surface area contributed by atoms with Crippen molar-refractivity contribution in [3.63, 3.8) is 0 Å². The number of benzene rings is 1. The van der Waals surface area contributed by atoms with Gasteiger partial charge in [0.25, 0.3) is 0 Å². The first kappa shape index (κ1) is 18.2. The predicted octanol–water partition coefficient (Wildman–Crippen LogP) is 3.59. The third-order valence-electron chi connectivity index (χ3n) is 5.09. The van der Waals surface area contributed by atoms with Crippen LogP contribution in [0.3, 0.4) is 0 Å². The summed E-state index contributed by atoms with van der Waals surface area (Å²) in [5, 5.41) is 12.6. The van der Waals surface area contributed by atoms with E-state index in [0.717, 1.165) is 18.4 Å². The maximum Gasteiger partial charge on any atom is 0.230 e. The van der Waals surface area contributed by atoms with Crippen molar-refractivity contribution in [1.82, 2.24) is 25.1 Å². The van der Waals surface area contributed by atoms with E-state index >= 15 is 0 Å². The van der Waals surface area contributed by atoms with Gasteiger partial charge in [0, 0.05) is 18.5 Å². The van der Waals surface area contributed by atoms with E-state index < -0.39 is 0 Å². The standard InChI is InChI=1S/C19H22FN5OS/c1-25-15-9-8-12(20)10-14(15)17-18(25)22-19(24-23-17)27-11-16(26)21-13-6-4-2-3-5-7-13/h8-10,13H,2-7,11H2,1H3,(H,21,26). The van der Waals surface area contributed by atoms with Crippen molar-refractivity contribution < 1.29 is 9.18 Å². The molecule has 6 nitrogen and oxygen atoms in total. The number of aromatic nitrogens is 4. The van der Waals surface area contributed by atoms with E-state index in [-0.39, 0.29) is 23.5 Å². The molecule has 1 aliphatic rings. The van der Waals surface area contributed by atoms with Gasteiger partial charge < -0.3 is 9.88 Å². The number of aryl methyl sites for hydroxylation is 1. The van der Waals surface area contributed by atoms with E-state index in [1.54, 1.807) is 6.07 Å². The summed E-state index contributed by atoms with van der Waals surface area (Å²) in [4.78, 5) is 16.8. The van der Waals surface area contributed by atoms with E-state index in [0.29, 0.717) is 21.7 Å². The smallest absolute Gasteiger partial charge is 0.230 e. The van der Waals surface area contributed by atoms with E-state index in [1.807, 2.05) is 11.6 Å². The van der Waals surface area contributed by atoms with Crippen LogP contribution >= 0.6 is 11.8 Å². The lowest BCUT2D eigenvalue weighted by atomic mass is 10.1. The van der Waals surface area contributed by atoms with E-state index in [9.17, 15) is 9.18 Å². The minimum absolute atomic E-state index is 0.00899. The first-order valence-electron chi connectivity index (χ1n) is 9.32. The van der Waals surface area contributed by atoms with Gasteiger partial charge in [0.1, 0.15) is 11.3 Å². The molecule has 3 aromatic rings. The second-order valence-corrected chi connectivity index (χ2v) is 7.97. The minimum atomic E-state index is -0.314. The second kappa shape index (κ2) is 7.80. The number of thioether (sulfide) groups is 1. The molecule has 0 unspecified atom stereocenters. The summed E-state index contributed by atoms with van der Waals surface area (Å²) in [6, 6.07) is 4.86. The van der Waals surface area contributed by atoms with E-state index in [2.05, 4.69) is 20.5 Å². The van der Waals surface area contributed by atoms with Gasteiger partial charge in [-0.05, 0) is 31.0 Å². The van der Waals surface area contributed by atoms with Gasteiger partial charge in [0.15, 0.2) is 5.65 Å². The van der Waals surface area contributed by atoms with Gasteiger partial charge in [0.05, 0.1) is 11.3 Å². The topological polar surface area (TPSA) is 72.7 Å². The average Bonchev–Trinajstić information content (AvgIpc) is 2.82. The largest absolute Gasteiger partial charge is 0.353 e. The summed E-state index contributed by atoms with van der Waals surface area (Å²) >= 11 is 1.27. The molecule has 2 aromatic heterocycles. The second-order valence-electron chi connectivity index (χ2n) is 7.03. The van der Waals surface area contributed by atoms with Crippen molar-refractivity contribution in [2.75, 3.05) is 5.75 Å². The van der Waals surface area contributed by atoms with Crippen LogP contribution in [0.5, 0.6) is 0 Å². The quantitative estimate of drug-likeness (QED) is 0.547. The van der Waals surface area contributed by atoms with Gasteiger partial charge in [-0.15, -0.1) is 10.2 Å². The van der Waals surface area contributed by atoms with Gasteiger partial charge >= 0.3 is 0 Å². The Morgan fingerprint density at radius 1 is 1.26 bits per heavy atom. The van der Waals surface area contributed by atoms with Crippen LogP contribution in [0.1, 0.15) is 38.5 Å². The summed E-state index contributed by atoms with van der Waals surface area (Å²) < 4.78 is 15.4. The number of halogens is 1. The monoisotopic (exact) mass is 387 g/mol. The maximum absolute atomic E-state index is 13.6. The minimum Gasteiger partial charge on any atom is -0.353 e. The zero-order valence-corrected chi connectivity index (χ0v) is 16.1. The lowest BCUT2D eigenvalue weighted by Gasteiger charge is -2.15. The van der Waals surface area contributed by atoms with Crippen molar-refractivity contribution in [3.05, 3.63) is 24.0 Å². The Balaban J connectivity index is 1.47. The number of nitrogens with zero attached hydrogens (tertiary/aromatic N) is 4. The highest BCUT2D eigenvalue weighted by Crippen LogP contribution is 2.27. The van der Waals surface area contributed by atoms with Crippen LogP contribution in [0.15, 0.2) is 23.4 Å². The number of hydrogen-bond acceptors (Lipinski definition) is 5. The van der Waals surface area contributed by atoms with Crippen LogP contribution in [-0.2, 0) is 11.8 Å². The summed E-state index contributed by atoms with van der Waals surface area (Å²) in [7, 11) is 1.87. The van der Waals surface area contributed by atoms with Crippen molar-refractivity contribution in [2.24, 2.45) is 7.05 Å². The molecule has 0 saturated heterocycles. The van der Waals surface area contributed by atoms with Gasteiger partial charge in [-0.2, -0.15) is 0 Å². The number of rotatable bonds is 4. The molecule has 0 bridgehead atoms. The Bertz CT molecular complexity index is 981. The number of hydrogen-bond donors (Lipinski definition) is 1. The molecule has 1 aromatic carbocycles. The molecule has 0 aliphatic heterocycles.